The molecular weight excluding hydrogens is 373 g/mol. The Kier molecular flexibility index (Phi) is 5.21. The molecule has 0 spiro atoms. The number of nitriles is 1. The molecule has 2 aromatic carbocycles. The van der Waals surface area contributed by atoms with Crippen LogP contribution in [-0.4, -0.2) is 23.0 Å². The van der Waals surface area contributed by atoms with Gasteiger partial charge in [-0.05, 0) is 42.7 Å². The molecule has 3 aromatic rings. The fraction of sp³-hybridized carbons (Fsp3) is 0.273. The van der Waals surface area contributed by atoms with Crippen molar-refractivity contribution in [2.24, 2.45) is 7.05 Å². The van der Waals surface area contributed by atoms with E-state index in [1.165, 1.54) is 11.8 Å². The van der Waals surface area contributed by atoms with Crippen molar-refractivity contribution >= 4 is 11.8 Å². The quantitative estimate of drug-likeness (QED) is 0.629. The molecule has 0 amide bonds. The van der Waals surface area contributed by atoms with Crippen molar-refractivity contribution in [1.29, 1.82) is 5.26 Å². The monoisotopic (exact) mass is 393 g/mol. The second kappa shape index (κ2) is 7.78. The van der Waals surface area contributed by atoms with E-state index in [1.807, 2.05) is 48.1 Å². The van der Waals surface area contributed by atoms with Crippen LogP contribution in [0.2, 0.25) is 0 Å². The number of rotatable bonds is 4. The Morgan fingerprint density at radius 3 is 2.54 bits per heavy atom. The van der Waals surface area contributed by atoms with Crippen LogP contribution in [0.4, 0.5) is 4.39 Å². The summed E-state index contributed by atoms with van der Waals surface area (Å²) in [4.78, 5) is 1.48. The number of nitrogens with zero attached hydrogens (tertiary/aromatic N) is 3. The van der Waals surface area contributed by atoms with Crippen LogP contribution >= 0.6 is 11.8 Å². The van der Waals surface area contributed by atoms with Gasteiger partial charge in [-0.3, -0.25) is 4.68 Å². The number of benzene rings is 2. The number of halogens is 1. The molecule has 0 atom stereocenters. The topological polar surface area (TPSA) is 50.8 Å². The van der Waals surface area contributed by atoms with Gasteiger partial charge >= 0.3 is 0 Å². The fourth-order valence-corrected chi connectivity index (χ4v) is 4.47. The zero-order valence-corrected chi connectivity index (χ0v) is 16.4. The zero-order chi connectivity index (χ0) is 19.6. The first-order valence-corrected chi connectivity index (χ1v) is 9.99. The minimum Gasteiger partial charge on any atom is -0.381 e. The number of hydrogen-bond donors (Lipinski definition) is 0. The van der Waals surface area contributed by atoms with Crippen molar-refractivity contribution in [1.82, 2.24) is 9.78 Å². The third-order valence-electron chi connectivity index (χ3n) is 5.24. The van der Waals surface area contributed by atoms with Gasteiger partial charge in [0.2, 0.25) is 0 Å². The lowest BCUT2D eigenvalue weighted by Crippen LogP contribution is -2.33. The highest BCUT2D eigenvalue weighted by Crippen LogP contribution is 2.40. The first kappa shape index (κ1) is 18.7. The van der Waals surface area contributed by atoms with Gasteiger partial charge in [-0.2, -0.15) is 10.4 Å². The van der Waals surface area contributed by atoms with Gasteiger partial charge in [0.15, 0.2) is 0 Å². The van der Waals surface area contributed by atoms with E-state index in [1.54, 1.807) is 18.3 Å². The Bertz CT molecular complexity index is 1020. The van der Waals surface area contributed by atoms with Gasteiger partial charge in [-0.1, -0.05) is 36.0 Å². The van der Waals surface area contributed by atoms with E-state index in [9.17, 15) is 5.26 Å². The van der Waals surface area contributed by atoms with Crippen molar-refractivity contribution in [3.05, 3.63) is 66.1 Å². The molecule has 0 N–H and O–H groups in total. The van der Waals surface area contributed by atoms with Crippen LogP contribution < -0.4 is 0 Å². The van der Waals surface area contributed by atoms with E-state index >= 15 is 4.39 Å². The molecular formula is C22H20FN3OS. The summed E-state index contributed by atoms with van der Waals surface area (Å²) >= 11 is 1.37. The van der Waals surface area contributed by atoms with Gasteiger partial charge in [0.05, 0.1) is 17.2 Å². The van der Waals surface area contributed by atoms with E-state index < -0.39 is 5.41 Å². The molecule has 1 fully saturated rings. The molecule has 1 saturated heterocycles. The van der Waals surface area contributed by atoms with Crippen molar-refractivity contribution in [3.63, 3.8) is 0 Å². The molecule has 4 rings (SSSR count). The maximum Gasteiger partial charge on any atom is 0.141 e. The van der Waals surface area contributed by atoms with E-state index in [0.29, 0.717) is 36.5 Å². The van der Waals surface area contributed by atoms with E-state index in [2.05, 4.69) is 11.2 Å². The maximum atomic E-state index is 15.3. The normalized spacial score (nSPS) is 15.9. The van der Waals surface area contributed by atoms with Crippen molar-refractivity contribution < 1.29 is 9.13 Å². The number of aromatic nitrogens is 2. The Morgan fingerprint density at radius 1 is 1.14 bits per heavy atom. The summed E-state index contributed by atoms with van der Waals surface area (Å²) in [5.41, 5.74) is 1.77. The van der Waals surface area contributed by atoms with Gasteiger partial charge in [0.1, 0.15) is 5.82 Å². The van der Waals surface area contributed by atoms with Crippen molar-refractivity contribution in [2.75, 3.05) is 13.2 Å². The highest BCUT2D eigenvalue weighted by molar-refractivity contribution is 7.99. The minimum atomic E-state index is -0.803. The van der Waals surface area contributed by atoms with E-state index in [4.69, 9.17) is 4.74 Å². The molecule has 4 nitrogen and oxygen atoms in total. The molecule has 1 aliphatic rings. The summed E-state index contributed by atoms with van der Waals surface area (Å²) in [7, 11) is 1.90. The lowest BCUT2D eigenvalue weighted by molar-refractivity contribution is 0.0664. The van der Waals surface area contributed by atoms with Crippen molar-refractivity contribution in [3.8, 4) is 17.3 Å². The molecule has 0 radical (unpaired) electrons. The second-order valence-electron chi connectivity index (χ2n) is 6.89. The summed E-state index contributed by atoms with van der Waals surface area (Å²) in [6, 6.07) is 17.6. The average Bonchev–Trinajstić information content (AvgIpc) is 3.16. The molecule has 1 aliphatic heterocycles. The SMILES string of the molecule is Cn1nccc1-c1ccc(Sc2cccc(C3(C#N)CCOCC3)c2F)cc1. The molecule has 0 saturated carbocycles. The molecule has 0 bridgehead atoms. The van der Waals surface area contributed by atoms with Crippen LogP contribution in [0.5, 0.6) is 0 Å². The van der Waals surface area contributed by atoms with Crippen LogP contribution in [0, 0.1) is 17.1 Å². The lowest BCUT2D eigenvalue weighted by atomic mass is 9.75. The fourth-order valence-electron chi connectivity index (χ4n) is 3.60. The van der Waals surface area contributed by atoms with Crippen LogP contribution in [0.25, 0.3) is 11.3 Å². The van der Waals surface area contributed by atoms with Crippen LogP contribution in [0.1, 0.15) is 18.4 Å². The number of ether oxygens (including phenoxy) is 1. The molecule has 1 aromatic heterocycles. The van der Waals surface area contributed by atoms with Gasteiger partial charge < -0.3 is 4.74 Å². The first-order valence-electron chi connectivity index (χ1n) is 9.17. The summed E-state index contributed by atoms with van der Waals surface area (Å²) in [5.74, 6) is -0.299. The minimum absolute atomic E-state index is 0.299. The molecule has 6 heteroatoms. The molecule has 0 aliphatic carbocycles. The molecule has 0 unspecified atom stereocenters. The van der Waals surface area contributed by atoms with Crippen LogP contribution in [0.15, 0.2) is 64.5 Å². The predicted octanol–water partition coefficient (Wildman–Crippen LogP) is 4.95. The highest BCUT2D eigenvalue weighted by Gasteiger charge is 2.37. The second-order valence-corrected chi connectivity index (χ2v) is 8.01. The summed E-state index contributed by atoms with van der Waals surface area (Å²) in [6.07, 6.45) is 2.81. The lowest BCUT2D eigenvalue weighted by Gasteiger charge is -2.31. The average molecular weight is 393 g/mol. The van der Waals surface area contributed by atoms with Crippen LogP contribution in [0.3, 0.4) is 0 Å². The van der Waals surface area contributed by atoms with Gasteiger partial charge in [-0.25, -0.2) is 4.39 Å². The number of aryl methyl sites for hydroxylation is 1. The third-order valence-corrected chi connectivity index (χ3v) is 6.28. The van der Waals surface area contributed by atoms with E-state index in [0.717, 1.165) is 16.2 Å². The third kappa shape index (κ3) is 3.44. The predicted molar refractivity (Wildman–Crippen MR) is 107 cm³/mol. The summed E-state index contributed by atoms with van der Waals surface area (Å²) in [6.45, 7) is 0.972. The Labute approximate surface area is 167 Å². The maximum absolute atomic E-state index is 15.3. The summed E-state index contributed by atoms with van der Waals surface area (Å²) in [5, 5.41) is 13.9. The standard InChI is InChI=1S/C22H20FN3OS/c1-26-19(9-12-25-26)16-5-7-17(8-6-16)28-20-4-2-3-18(21(20)23)22(15-24)10-13-27-14-11-22/h2-9,12H,10-11,13-14H2,1H3. The van der Waals surface area contributed by atoms with Gasteiger partial charge in [0, 0.05) is 41.8 Å². The first-order chi connectivity index (χ1) is 13.6. The van der Waals surface area contributed by atoms with Gasteiger partial charge in [-0.15, -0.1) is 0 Å². The van der Waals surface area contributed by atoms with Crippen LogP contribution in [-0.2, 0) is 17.2 Å². The van der Waals surface area contributed by atoms with Gasteiger partial charge in [0.25, 0.3) is 0 Å². The zero-order valence-electron chi connectivity index (χ0n) is 15.6. The smallest absolute Gasteiger partial charge is 0.141 e. The summed E-state index contributed by atoms with van der Waals surface area (Å²) < 4.78 is 22.5. The highest BCUT2D eigenvalue weighted by atomic mass is 32.2. The van der Waals surface area contributed by atoms with Crippen molar-refractivity contribution in [2.45, 2.75) is 28.0 Å². The Balaban J connectivity index is 1.61. The largest absolute Gasteiger partial charge is 0.381 e. The molecule has 142 valence electrons. The molecule has 2 heterocycles. The molecule has 28 heavy (non-hydrogen) atoms. The van der Waals surface area contributed by atoms with E-state index in [-0.39, 0.29) is 5.82 Å². The number of hydrogen-bond acceptors (Lipinski definition) is 4. The Hall–Kier alpha value is -2.62. The Morgan fingerprint density at radius 2 is 1.89 bits per heavy atom.